The molecule has 6 unspecified atom stereocenters. The highest BCUT2D eigenvalue weighted by Crippen LogP contribution is 2.59. The van der Waals surface area contributed by atoms with Gasteiger partial charge in [-0.15, -0.1) is 0 Å². The Bertz CT molecular complexity index is 531. The lowest BCUT2D eigenvalue weighted by atomic mass is 9.50. The van der Waals surface area contributed by atoms with Gasteiger partial charge in [0.15, 0.2) is 0 Å². The summed E-state index contributed by atoms with van der Waals surface area (Å²) in [5.41, 5.74) is 2.78. The lowest BCUT2D eigenvalue weighted by Gasteiger charge is -2.55. The molecule has 6 heteroatoms. The normalized spacial score (nSPS) is 32.6. The van der Waals surface area contributed by atoms with Gasteiger partial charge in [-0.3, -0.25) is 0 Å². The summed E-state index contributed by atoms with van der Waals surface area (Å²) in [6.07, 6.45) is 0.216. The molecule has 2 rings (SSSR count). The molecule has 0 bridgehead atoms. The molecule has 2 aliphatic carbocycles. The third kappa shape index (κ3) is 4.57. The fourth-order valence-corrected chi connectivity index (χ4v) is 5.53. The van der Waals surface area contributed by atoms with Crippen LogP contribution in [0.5, 0.6) is 0 Å². The van der Waals surface area contributed by atoms with Crippen molar-refractivity contribution in [1.82, 2.24) is 0 Å². The molecule has 0 aromatic carbocycles. The zero-order valence-corrected chi connectivity index (χ0v) is 17.2. The zero-order valence-electron chi connectivity index (χ0n) is 17.2. The molecule has 0 amide bonds. The molecular formula is C21H38O6. The molecule has 0 aliphatic heterocycles. The van der Waals surface area contributed by atoms with E-state index in [4.69, 9.17) is 9.84 Å². The van der Waals surface area contributed by atoms with Crippen LogP contribution in [0.3, 0.4) is 0 Å². The van der Waals surface area contributed by atoms with Crippen LogP contribution in [0.2, 0.25) is 0 Å². The van der Waals surface area contributed by atoms with E-state index in [1.807, 2.05) is 0 Å². The number of fused-ring (bicyclic) bond motifs is 1. The van der Waals surface area contributed by atoms with E-state index in [1.165, 1.54) is 17.6 Å². The Labute approximate surface area is 162 Å². The van der Waals surface area contributed by atoms with Gasteiger partial charge in [0.25, 0.3) is 0 Å². The third-order valence-corrected chi connectivity index (χ3v) is 7.15. The van der Waals surface area contributed by atoms with Crippen LogP contribution >= 0.6 is 0 Å². The first-order valence-electron chi connectivity index (χ1n) is 10.1. The lowest BCUT2D eigenvalue weighted by molar-refractivity contribution is -0.148. The van der Waals surface area contributed by atoms with Gasteiger partial charge >= 0.3 is 0 Å². The molecule has 0 heterocycles. The molecule has 0 spiro atoms. The van der Waals surface area contributed by atoms with Crippen LogP contribution in [0.4, 0.5) is 0 Å². The molecule has 27 heavy (non-hydrogen) atoms. The first-order chi connectivity index (χ1) is 12.6. The van der Waals surface area contributed by atoms with Gasteiger partial charge in [0, 0.05) is 0 Å². The van der Waals surface area contributed by atoms with E-state index in [1.54, 1.807) is 0 Å². The van der Waals surface area contributed by atoms with Gasteiger partial charge in [-0.2, -0.15) is 0 Å². The molecule has 5 N–H and O–H groups in total. The molecule has 6 nitrogen and oxygen atoms in total. The van der Waals surface area contributed by atoms with Gasteiger partial charge in [0.2, 0.25) is 0 Å². The van der Waals surface area contributed by atoms with Gasteiger partial charge in [-0.05, 0) is 54.9 Å². The third-order valence-electron chi connectivity index (χ3n) is 7.15. The average molecular weight is 387 g/mol. The van der Waals surface area contributed by atoms with Crippen molar-refractivity contribution in [3.8, 4) is 0 Å². The van der Waals surface area contributed by atoms with E-state index in [0.717, 1.165) is 25.7 Å². The molecule has 1 saturated carbocycles. The highest BCUT2D eigenvalue weighted by Gasteiger charge is 2.50. The van der Waals surface area contributed by atoms with E-state index in [0.29, 0.717) is 5.92 Å². The SMILES string of the molecule is CC1=C(COC(C(O)CO)C(O)C(O)CO)C2(C)CCCC(C)(C)C2CC1. The minimum absolute atomic E-state index is 0.0132. The molecule has 0 aromatic heterocycles. The van der Waals surface area contributed by atoms with Crippen LogP contribution in [-0.4, -0.2) is 69.8 Å². The van der Waals surface area contributed by atoms with E-state index < -0.39 is 37.6 Å². The highest BCUT2D eigenvalue weighted by atomic mass is 16.5. The summed E-state index contributed by atoms with van der Waals surface area (Å²) in [7, 11) is 0. The van der Waals surface area contributed by atoms with Crippen molar-refractivity contribution >= 4 is 0 Å². The summed E-state index contributed by atoms with van der Waals surface area (Å²) in [4.78, 5) is 0. The number of allylic oxidation sites excluding steroid dienone is 1. The van der Waals surface area contributed by atoms with Crippen molar-refractivity contribution < 1.29 is 30.3 Å². The van der Waals surface area contributed by atoms with Gasteiger partial charge in [0.05, 0.1) is 19.8 Å². The van der Waals surface area contributed by atoms with E-state index in [9.17, 15) is 20.4 Å². The molecule has 158 valence electrons. The quantitative estimate of drug-likeness (QED) is 0.403. The Kier molecular flexibility index (Phi) is 7.50. The van der Waals surface area contributed by atoms with Crippen LogP contribution in [-0.2, 0) is 4.74 Å². The molecule has 6 atom stereocenters. The summed E-state index contributed by atoms with van der Waals surface area (Å²) < 4.78 is 5.88. The Morgan fingerprint density at radius 3 is 2.26 bits per heavy atom. The van der Waals surface area contributed by atoms with Gasteiger partial charge in [-0.1, -0.05) is 32.8 Å². The van der Waals surface area contributed by atoms with Crippen molar-refractivity contribution in [2.24, 2.45) is 16.7 Å². The fourth-order valence-electron chi connectivity index (χ4n) is 5.53. The summed E-state index contributed by atoms with van der Waals surface area (Å²) >= 11 is 0. The molecule has 0 aromatic rings. The Morgan fingerprint density at radius 1 is 1.04 bits per heavy atom. The van der Waals surface area contributed by atoms with Gasteiger partial charge in [0.1, 0.15) is 24.4 Å². The number of ether oxygens (including phenoxy) is 1. The topological polar surface area (TPSA) is 110 Å². The van der Waals surface area contributed by atoms with Crippen molar-refractivity contribution in [1.29, 1.82) is 0 Å². The standard InChI is InChI=1S/C21H38O6/c1-13-6-7-17-20(2,3)8-5-9-21(17,4)14(13)12-27-19(16(25)11-23)18(26)15(24)10-22/h15-19,22-26H,5-12H2,1-4H3. The Balaban J connectivity index is 2.22. The maximum Gasteiger partial charge on any atom is 0.114 e. The monoisotopic (exact) mass is 386 g/mol. The smallest absolute Gasteiger partial charge is 0.114 e. The molecule has 2 aliphatic rings. The summed E-state index contributed by atoms with van der Waals surface area (Å²) in [6, 6.07) is 0. The Morgan fingerprint density at radius 2 is 1.67 bits per heavy atom. The number of aliphatic hydroxyl groups excluding tert-OH is 5. The first kappa shape index (κ1) is 22.8. The number of hydrogen-bond acceptors (Lipinski definition) is 6. The maximum absolute atomic E-state index is 10.2. The van der Waals surface area contributed by atoms with Crippen LogP contribution < -0.4 is 0 Å². The lowest BCUT2D eigenvalue weighted by Crippen LogP contribution is -2.50. The molecular weight excluding hydrogens is 348 g/mol. The maximum atomic E-state index is 10.2. The average Bonchev–Trinajstić information content (AvgIpc) is 2.61. The van der Waals surface area contributed by atoms with E-state index >= 15 is 0 Å². The second kappa shape index (κ2) is 8.89. The predicted octanol–water partition coefficient (Wildman–Crippen LogP) is 1.38. The summed E-state index contributed by atoms with van der Waals surface area (Å²) in [6.45, 7) is 8.11. The van der Waals surface area contributed by atoms with Gasteiger partial charge < -0.3 is 30.3 Å². The second-order valence-electron chi connectivity index (χ2n) is 9.38. The van der Waals surface area contributed by atoms with Crippen molar-refractivity contribution in [3.63, 3.8) is 0 Å². The minimum Gasteiger partial charge on any atom is -0.394 e. The largest absolute Gasteiger partial charge is 0.394 e. The van der Waals surface area contributed by atoms with Gasteiger partial charge in [-0.25, -0.2) is 0 Å². The van der Waals surface area contributed by atoms with Crippen LogP contribution in [0.15, 0.2) is 11.1 Å². The summed E-state index contributed by atoms with van der Waals surface area (Å²) in [5, 5.41) is 48.5. The first-order valence-corrected chi connectivity index (χ1v) is 10.1. The van der Waals surface area contributed by atoms with Crippen LogP contribution in [0, 0.1) is 16.7 Å². The van der Waals surface area contributed by atoms with Crippen LogP contribution in [0.1, 0.15) is 59.8 Å². The predicted molar refractivity (Wildman–Crippen MR) is 103 cm³/mol. The van der Waals surface area contributed by atoms with E-state index in [-0.39, 0.29) is 17.4 Å². The zero-order chi connectivity index (χ0) is 20.4. The molecule has 0 saturated heterocycles. The number of hydrogen-bond donors (Lipinski definition) is 5. The Hall–Kier alpha value is -0.500. The highest BCUT2D eigenvalue weighted by molar-refractivity contribution is 5.27. The summed E-state index contributed by atoms with van der Waals surface area (Å²) in [5.74, 6) is 0.551. The van der Waals surface area contributed by atoms with Crippen molar-refractivity contribution in [2.45, 2.75) is 84.2 Å². The second-order valence-corrected chi connectivity index (χ2v) is 9.38. The van der Waals surface area contributed by atoms with Crippen LogP contribution in [0.25, 0.3) is 0 Å². The van der Waals surface area contributed by atoms with E-state index in [2.05, 4.69) is 27.7 Å². The number of aliphatic hydroxyl groups is 5. The minimum atomic E-state index is -1.48. The van der Waals surface area contributed by atoms with Crippen molar-refractivity contribution in [2.75, 3.05) is 19.8 Å². The number of rotatable bonds is 8. The molecule has 0 radical (unpaired) electrons. The molecule has 1 fully saturated rings. The fraction of sp³-hybridized carbons (Fsp3) is 0.905. The van der Waals surface area contributed by atoms with Crippen molar-refractivity contribution in [3.05, 3.63) is 11.1 Å².